The van der Waals surface area contributed by atoms with E-state index >= 15 is 0 Å². The summed E-state index contributed by atoms with van der Waals surface area (Å²) in [5.74, 6) is 0. The molecule has 9 heteroatoms. The van der Waals surface area contributed by atoms with Gasteiger partial charge in [0.1, 0.15) is 5.69 Å². The smallest absolute Gasteiger partial charge is 0.295 e. The number of nitro benzene ring substituents is 1. The fourth-order valence-corrected chi connectivity index (χ4v) is 4.29. The molecule has 2 heterocycles. The summed E-state index contributed by atoms with van der Waals surface area (Å²) in [5.41, 5.74) is 1.70. The number of rotatable bonds is 4. The molecule has 8 nitrogen and oxygen atoms in total. The number of nitrogens with zero attached hydrogens (tertiary/aromatic N) is 4. The first kappa shape index (κ1) is 21.3. The maximum Gasteiger partial charge on any atom is 0.295 e. The summed E-state index contributed by atoms with van der Waals surface area (Å²) in [5, 5.41) is 17.6. The van der Waals surface area contributed by atoms with Gasteiger partial charge >= 0.3 is 0 Å². The summed E-state index contributed by atoms with van der Waals surface area (Å²) in [6.45, 7) is 2.49. The van der Waals surface area contributed by atoms with E-state index in [4.69, 9.17) is 4.74 Å². The van der Waals surface area contributed by atoms with Gasteiger partial charge in [-0.2, -0.15) is 9.78 Å². The SMILES string of the molecule is O=c1c2ccccc2c(-c2ccc(Br)cc2)nn1-c1cc(N2CCOCC2)ccc1[N+](=O)[O-]. The van der Waals surface area contributed by atoms with Crippen LogP contribution in [0.3, 0.4) is 0 Å². The van der Waals surface area contributed by atoms with E-state index in [1.807, 2.05) is 36.4 Å². The Bertz CT molecular complexity index is 1410. The Balaban J connectivity index is 1.77. The molecule has 0 bridgehead atoms. The molecule has 0 N–H and O–H groups in total. The zero-order chi connectivity index (χ0) is 22.9. The quantitative estimate of drug-likeness (QED) is 0.297. The molecule has 1 fully saturated rings. The summed E-state index contributed by atoms with van der Waals surface area (Å²) in [7, 11) is 0. The van der Waals surface area contributed by atoms with Crippen LogP contribution in [-0.4, -0.2) is 41.0 Å². The van der Waals surface area contributed by atoms with Crippen molar-refractivity contribution in [3.8, 4) is 16.9 Å². The number of hydrogen-bond donors (Lipinski definition) is 0. The predicted octanol–water partition coefficient (Wildman–Crippen LogP) is 4.56. The minimum absolute atomic E-state index is 0.137. The number of nitro groups is 1. The van der Waals surface area contributed by atoms with Crippen LogP contribution in [0.15, 0.2) is 76.0 Å². The standard InChI is InChI=1S/C24H19BrN4O4/c25-17-7-5-16(6-8-17)23-19-3-1-2-4-20(19)24(30)28(26-23)22-15-18(9-10-21(22)29(31)32)27-11-13-33-14-12-27/h1-10,15H,11-14H2. The molecule has 1 aliphatic heterocycles. The largest absolute Gasteiger partial charge is 0.378 e. The Morgan fingerprint density at radius 3 is 2.36 bits per heavy atom. The van der Waals surface area contributed by atoms with Crippen molar-refractivity contribution in [2.24, 2.45) is 0 Å². The maximum atomic E-state index is 13.5. The highest BCUT2D eigenvalue weighted by molar-refractivity contribution is 9.10. The van der Waals surface area contributed by atoms with Crippen LogP contribution >= 0.6 is 15.9 Å². The van der Waals surface area contributed by atoms with Crippen LogP contribution in [0.5, 0.6) is 0 Å². The van der Waals surface area contributed by atoms with E-state index in [1.165, 1.54) is 6.07 Å². The Hall–Kier alpha value is -3.56. The zero-order valence-corrected chi connectivity index (χ0v) is 19.1. The van der Waals surface area contributed by atoms with Gasteiger partial charge in [-0.3, -0.25) is 14.9 Å². The molecular formula is C24H19BrN4O4. The summed E-state index contributed by atoms with van der Waals surface area (Å²) in [6, 6.07) is 19.6. The number of anilines is 1. The fourth-order valence-electron chi connectivity index (χ4n) is 4.03. The lowest BCUT2D eigenvalue weighted by atomic mass is 10.0. The van der Waals surface area contributed by atoms with E-state index in [2.05, 4.69) is 25.9 Å². The summed E-state index contributed by atoms with van der Waals surface area (Å²) >= 11 is 3.44. The van der Waals surface area contributed by atoms with Gasteiger partial charge in [0.25, 0.3) is 11.2 Å². The molecule has 1 aromatic heterocycles. The third-order valence-electron chi connectivity index (χ3n) is 5.68. The Labute approximate surface area is 197 Å². The minimum atomic E-state index is -0.485. The molecule has 1 saturated heterocycles. The number of ether oxygens (including phenoxy) is 1. The highest BCUT2D eigenvalue weighted by atomic mass is 79.9. The van der Waals surface area contributed by atoms with Crippen molar-refractivity contribution in [1.82, 2.24) is 9.78 Å². The average molecular weight is 507 g/mol. The highest BCUT2D eigenvalue weighted by Crippen LogP contribution is 2.31. The van der Waals surface area contributed by atoms with Crippen molar-refractivity contribution in [2.45, 2.75) is 0 Å². The number of fused-ring (bicyclic) bond motifs is 1. The van der Waals surface area contributed by atoms with Gasteiger partial charge in [0, 0.05) is 40.3 Å². The summed E-state index contributed by atoms with van der Waals surface area (Å²) in [4.78, 5) is 26.9. The van der Waals surface area contributed by atoms with E-state index in [-0.39, 0.29) is 11.4 Å². The van der Waals surface area contributed by atoms with Crippen molar-refractivity contribution in [2.75, 3.05) is 31.2 Å². The van der Waals surface area contributed by atoms with Crippen molar-refractivity contribution in [3.05, 3.63) is 91.7 Å². The topological polar surface area (TPSA) is 90.5 Å². The molecule has 5 rings (SSSR count). The summed E-state index contributed by atoms with van der Waals surface area (Å²) < 4.78 is 7.49. The fraction of sp³-hybridized carbons (Fsp3) is 0.167. The van der Waals surface area contributed by atoms with E-state index in [9.17, 15) is 14.9 Å². The van der Waals surface area contributed by atoms with Gasteiger partial charge in [0.05, 0.1) is 29.2 Å². The second-order valence-electron chi connectivity index (χ2n) is 7.65. The number of benzene rings is 3. The molecule has 0 spiro atoms. The van der Waals surface area contributed by atoms with E-state index in [0.717, 1.165) is 20.4 Å². The molecule has 33 heavy (non-hydrogen) atoms. The number of halogens is 1. The van der Waals surface area contributed by atoms with E-state index in [0.29, 0.717) is 42.8 Å². The van der Waals surface area contributed by atoms with Gasteiger partial charge in [0.15, 0.2) is 0 Å². The van der Waals surface area contributed by atoms with E-state index in [1.54, 1.807) is 24.3 Å². The van der Waals surface area contributed by atoms with Gasteiger partial charge in [0.2, 0.25) is 0 Å². The lowest BCUT2D eigenvalue weighted by Crippen LogP contribution is -2.36. The second kappa shape index (κ2) is 8.76. The Kier molecular flexibility index (Phi) is 5.65. The van der Waals surface area contributed by atoms with E-state index < -0.39 is 10.5 Å². The third kappa shape index (κ3) is 4.01. The molecule has 3 aromatic carbocycles. The van der Waals surface area contributed by atoms with Gasteiger partial charge in [-0.1, -0.05) is 46.3 Å². The zero-order valence-electron chi connectivity index (χ0n) is 17.5. The van der Waals surface area contributed by atoms with Crippen LogP contribution in [0.1, 0.15) is 0 Å². The Morgan fingerprint density at radius 2 is 1.67 bits per heavy atom. The third-order valence-corrected chi connectivity index (χ3v) is 6.21. The first-order valence-corrected chi connectivity index (χ1v) is 11.2. The first-order chi connectivity index (χ1) is 16.0. The van der Waals surface area contributed by atoms with Gasteiger partial charge in [-0.25, -0.2) is 0 Å². The van der Waals surface area contributed by atoms with Crippen LogP contribution in [0, 0.1) is 10.1 Å². The first-order valence-electron chi connectivity index (χ1n) is 10.4. The normalized spacial score (nSPS) is 13.9. The second-order valence-corrected chi connectivity index (χ2v) is 8.56. The number of aromatic nitrogens is 2. The van der Waals surface area contributed by atoms with Gasteiger partial charge in [-0.05, 0) is 30.3 Å². The van der Waals surface area contributed by atoms with Crippen LogP contribution in [0.2, 0.25) is 0 Å². The summed E-state index contributed by atoms with van der Waals surface area (Å²) in [6.07, 6.45) is 0. The molecule has 166 valence electrons. The van der Waals surface area contributed by atoms with Crippen LogP contribution < -0.4 is 10.5 Å². The highest BCUT2D eigenvalue weighted by Gasteiger charge is 2.23. The molecule has 0 radical (unpaired) electrons. The van der Waals surface area contributed by atoms with Crippen LogP contribution in [0.25, 0.3) is 27.7 Å². The van der Waals surface area contributed by atoms with Crippen LogP contribution in [-0.2, 0) is 4.74 Å². The van der Waals surface area contributed by atoms with Gasteiger partial charge < -0.3 is 9.64 Å². The number of morpholine rings is 1. The molecule has 0 aliphatic carbocycles. The average Bonchev–Trinajstić information content (AvgIpc) is 2.85. The van der Waals surface area contributed by atoms with Crippen molar-refractivity contribution in [3.63, 3.8) is 0 Å². The minimum Gasteiger partial charge on any atom is -0.378 e. The molecule has 4 aromatic rings. The van der Waals surface area contributed by atoms with Crippen LogP contribution in [0.4, 0.5) is 11.4 Å². The molecule has 0 amide bonds. The lowest BCUT2D eigenvalue weighted by Gasteiger charge is -2.29. The molecule has 0 saturated carbocycles. The van der Waals surface area contributed by atoms with Crippen molar-refractivity contribution in [1.29, 1.82) is 0 Å². The van der Waals surface area contributed by atoms with Crippen molar-refractivity contribution >= 4 is 38.1 Å². The van der Waals surface area contributed by atoms with Gasteiger partial charge in [-0.15, -0.1) is 0 Å². The maximum absolute atomic E-state index is 13.5. The molecule has 0 unspecified atom stereocenters. The monoisotopic (exact) mass is 506 g/mol. The molecular weight excluding hydrogens is 488 g/mol. The Morgan fingerprint density at radius 1 is 0.970 bits per heavy atom. The predicted molar refractivity (Wildman–Crippen MR) is 130 cm³/mol. The van der Waals surface area contributed by atoms with Crippen molar-refractivity contribution < 1.29 is 9.66 Å². The lowest BCUT2D eigenvalue weighted by molar-refractivity contribution is -0.384. The molecule has 1 aliphatic rings. The molecule has 0 atom stereocenters. The number of hydrogen-bond acceptors (Lipinski definition) is 6.